The van der Waals surface area contributed by atoms with Crippen LogP contribution in [0, 0.1) is 25.2 Å². The maximum Gasteiger partial charge on any atom is 0.408 e. The number of nitrogens with zero attached hydrogens (tertiary/aromatic N) is 2. The van der Waals surface area contributed by atoms with Crippen molar-refractivity contribution in [1.82, 2.24) is 15.5 Å². The monoisotopic (exact) mass is 580 g/mol. The first-order chi connectivity index (χ1) is 19.7. The van der Waals surface area contributed by atoms with E-state index >= 15 is 0 Å². The van der Waals surface area contributed by atoms with Gasteiger partial charge in [-0.25, -0.2) is 4.79 Å². The third-order valence-electron chi connectivity index (χ3n) is 6.10. The minimum Gasteiger partial charge on any atom is -0.508 e. The predicted octanol–water partition coefficient (Wildman–Crippen LogP) is 3.61. The average Bonchev–Trinajstić information content (AvgIpc) is 2.89. The number of esters is 1. The molecule has 0 bridgehead atoms. The van der Waals surface area contributed by atoms with Gasteiger partial charge >= 0.3 is 12.1 Å². The lowest BCUT2D eigenvalue weighted by Gasteiger charge is -2.33. The first kappa shape index (κ1) is 33.6. The maximum atomic E-state index is 14.2. The number of aromatic hydroxyl groups is 1. The van der Waals surface area contributed by atoms with Crippen LogP contribution in [0.25, 0.3) is 0 Å². The molecule has 2 aromatic rings. The van der Waals surface area contributed by atoms with Crippen LogP contribution in [-0.4, -0.2) is 65.2 Å². The predicted molar refractivity (Wildman–Crippen MR) is 155 cm³/mol. The molecule has 3 N–H and O–H groups in total. The van der Waals surface area contributed by atoms with E-state index in [0.717, 1.165) is 10.5 Å². The molecule has 42 heavy (non-hydrogen) atoms. The van der Waals surface area contributed by atoms with Crippen molar-refractivity contribution in [3.8, 4) is 11.8 Å². The number of hydrogen-bond acceptors (Lipinski definition) is 8. The molecule has 3 amide bonds. The van der Waals surface area contributed by atoms with Crippen LogP contribution in [0.3, 0.4) is 0 Å². The fourth-order valence-electron chi connectivity index (χ4n) is 4.29. The molecule has 11 heteroatoms. The van der Waals surface area contributed by atoms with E-state index in [1.807, 2.05) is 19.1 Å². The highest BCUT2D eigenvalue weighted by Gasteiger charge is 2.37. The molecule has 0 aliphatic rings. The van der Waals surface area contributed by atoms with E-state index in [0.29, 0.717) is 16.7 Å². The van der Waals surface area contributed by atoms with Crippen molar-refractivity contribution >= 4 is 23.9 Å². The summed E-state index contributed by atoms with van der Waals surface area (Å²) in [5, 5.41) is 24.7. The number of phenols is 1. The van der Waals surface area contributed by atoms with Gasteiger partial charge in [0.05, 0.1) is 19.1 Å². The zero-order valence-electron chi connectivity index (χ0n) is 25.0. The summed E-state index contributed by atoms with van der Waals surface area (Å²) in [6.45, 7) is 10.1. The van der Waals surface area contributed by atoms with Gasteiger partial charge in [-0.15, -0.1) is 0 Å². The lowest BCUT2D eigenvalue weighted by Crippen LogP contribution is -2.54. The van der Waals surface area contributed by atoms with E-state index in [1.165, 1.54) is 12.1 Å². The Hall–Kier alpha value is -4.59. The summed E-state index contributed by atoms with van der Waals surface area (Å²) in [4.78, 5) is 53.6. The topological polar surface area (TPSA) is 158 Å². The number of nitrogens with one attached hydrogen (secondary N) is 2. The number of carbonyl (C=O) groups is 4. The van der Waals surface area contributed by atoms with E-state index in [9.17, 15) is 29.5 Å². The van der Waals surface area contributed by atoms with Gasteiger partial charge in [-0.05, 0) is 70.4 Å². The molecular formula is C31H40N4O7. The van der Waals surface area contributed by atoms with Crippen molar-refractivity contribution in [2.75, 3.05) is 19.7 Å². The van der Waals surface area contributed by atoms with Gasteiger partial charge in [0.15, 0.2) is 0 Å². The first-order valence-electron chi connectivity index (χ1n) is 13.7. The van der Waals surface area contributed by atoms with Crippen molar-refractivity contribution in [2.24, 2.45) is 0 Å². The van der Waals surface area contributed by atoms with Crippen molar-refractivity contribution in [2.45, 2.75) is 72.1 Å². The number of aryl methyl sites for hydroxylation is 2. The second-order valence-corrected chi connectivity index (χ2v) is 10.8. The zero-order chi connectivity index (χ0) is 31.4. The number of benzene rings is 2. The van der Waals surface area contributed by atoms with Gasteiger partial charge in [-0.2, -0.15) is 5.26 Å². The summed E-state index contributed by atoms with van der Waals surface area (Å²) >= 11 is 0. The lowest BCUT2D eigenvalue weighted by molar-refractivity contribution is -0.144. The van der Waals surface area contributed by atoms with Crippen molar-refractivity contribution in [3.63, 3.8) is 0 Å². The van der Waals surface area contributed by atoms with Crippen molar-refractivity contribution in [1.29, 1.82) is 5.26 Å². The SMILES string of the molecule is CCOC(=O)CCNC(=O)C(c1ccc(C)cc1C)N(CC#N)C(=O)C(Cc1ccc(O)cc1)NC(=O)OC(C)(C)C. The molecule has 2 atom stereocenters. The van der Waals surface area contributed by atoms with Crippen LogP contribution in [0.5, 0.6) is 5.75 Å². The van der Waals surface area contributed by atoms with Crippen LogP contribution in [0.15, 0.2) is 42.5 Å². The Kier molecular flexibility index (Phi) is 12.3. The Balaban J connectivity index is 2.52. The molecule has 0 heterocycles. The van der Waals surface area contributed by atoms with Crippen LogP contribution >= 0.6 is 0 Å². The van der Waals surface area contributed by atoms with E-state index in [4.69, 9.17) is 9.47 Å². The summed E-state index contributed by atoms with van der Waals surface area (Å²) in [6.07, 6.45) is -0.933. The van der Waals surface area contributed by atoms with Gasteiger partial charge in [0.1, 0.15) is 30.0 Å². The highest BCUT2D eigenvalue weighted by atomic mass is 16.6. The van der Waals surface area contributed by atoms with Gasteiger partial charge < -0.3 is 30.1 Å². The smallest absolute Gasteiger partial charge is 0.408 e. The largest absolute Gasteiger partial charge is 0.508 e. The van der Waals surface area contributed by atoms with Crippen molar-refractivity contribution in [3.05, 3.63) is 64.7 Å². The van der Waals surface area contributed by atoms with Gasteiger partial charge in [-0.3, -0.25) is 14.4 Å². The number of amides is 3. The third kappa shape index (κ3) is 10.4. The first-order valence-corrected chi connectivity index (χ1v) is 13.7. The van der Waals surface area contributed by atoms with Gasteiger partial charge in [0, 0.05) is 13.0 Å². The van der Waals surface area contributed by atoms with Crippen LogP contribution in [0.2, 0.25) is 0 Å². The average molecular weight is 581 g/mol. The maximum absolute atomic E-state index is 14.2. The summed E-state index contributed by atoms with van der Waals surface area (Å²) in [5.41, 5.74) is 1.90. The number of hydrogen-bond donors (Lipinski definition) is 3. The van der Waals surface area contributed by atoms with E-state index in [-0.39, 0.29) is 31.7 Å². The normalized spacial score (nSPS) is 12.3. The molecular weight excluding hydrogens is 540 g/mol. The number of carbonyl (C=O) groups excluding carboxylic acids is 4. The van der Waals surface area contributed by atoms with Gasteiger partial charge in [-0.1, -0.05) is 35.9 Å². The van der Waals surface area contributed by atoms with Crippen LogP contribution < -0.4 is 10.6 Å². The molecule has 2 rings (SSSR count). The fourth-order valence-corrected chi connectivity index (χ4v) is 4.29. The molecule has 0 spiro atoms. The number of nitriles is 1. The summed E-state index contributed by atoms with van der Waals surface area (Å²) < 4.78 is 10.3. The molecule has 2 unspecified atom stereocenters. The number of ether oxygens (including phenoxy) is 2. The Morgan fingerprint density at radius 3 is 2.31 bits per heavy atom. The van der Waals surface area contributed by atoms with Crippen molar-refractivity contribution < 1.29 is 33.8 Å². The highest BCUT2D eigenvalue weighted by molar-refractivity contribution is 5.92. The molecule has 11 nitrogen and oxygen atoms in total. The number of phenolic OH excluding ortho intramolecular Hbond substituents is 1. The molecule has 0 saturated carbocycles. The van der Waals surface area contributed by atoms with Crippen LogP contribution in [-0.2, 0) is 30.3 Å². The molecule has 226 valence electrons. The molecule has 0 radical (unpaired) electrons. The van der Waals surface area contributed by atoms with E-state index in [1.54, 1.807) is 58.9 Å². The number of alkyl carbamates (subject to hydrolysis) is 1. The molecule has 0 fully saturated rings. The quantitative estimate of drug-likeness (QED) is 0.254. The summed E-state index contributed by atoms with van der Waals surface area (Å²) in [7, 11) is 0. The Morgan fingerprint density at radius 1 is 1.07 bits per heavy atom. The lowest BCUT2D eigenvalue weighted by atomic mass is 9.95. The minimum absolute atomic E-state index is 0.00956. The summed E-state index contributed by atoms with van der Waals surface area (Å²) in [5.74, 6) is -1.75. The number of rotatable bonds is 12. The summed E-state index contributed by atoms with van der Waals surface area (Å²) in [6, 6.07) is 11.0. The second-order valence-electron chi connectivity index (χ2n) is 10.8. The standard InChI is InChI=1S/C31H40N4O7/c1-7-41-26(37)14-16-33-28(38)27(24-13-8-20(2)18-21(24)3)35(17-15-32)29(39)25(34-30(40)42-31(4,5)6)19-22-9-11-23(36)12-10-22/h8-13,18,25,27,36H,7,14,16-17,19H2,1-6H3,(H,33,38)(H,34,40). The fraction of sp³-hybridized carbons (Fsp3) is 0.452. The molecule has 2 aromatic carbocycles. The second kappa shape index (κ2) is 15.4. The Bertz CT molecular complexity index is 1300. The van der Waals surface area contributed by atoms with E-state index in [2.05, 4.69) is 10.6 Å². The Labute approximate surface area is 246 Å². The third-order valence-corrected chi connectivity index (χ3v) is 6.10. The molecule has 0 aliphatic carbocycles. The zero-order valence-corrected chi connectivity index (χ0v) is 25.0. The van der Waals surface area contributed by atoms with Gasteiger partial charge in [0.2, 0.25) is 11.8 Å². The molecule has 0 aliphatic heterocycles. The minimum atomic E-state index is -1.25. The van der Waals surface area contributed by atoms with Crippen LogP contribution in [0.4, 0.5) is 4.79 Å². The van der Waals surface area contributed by atoms with Gasteiger partial charge in [0.25, 0.3) is 0 Å². The molecule has 0 saturated heterocycles. The highest BCUT2D eigenvalue weighted by Crippen LogP contribution is 2.27. The Morgan fingerprint density at radius 2 is 1.74 bits per heavy atom. The van der Waals surface area contributed by atoms with Crippen LogP contribution in [0.1, 0.15) is 62.4 Å². The molecule has 0 aromatic heterocycles. The van der Waals surface area contributed by atoms with E-state index < -0.39 is 48.1 Å².